The highest BCUT2D eigenvalue weighted by Gasteiger charge is 2.19. The molecule has 0 aromatic heterocycles. The van der Waals surface area contributed by atoms with Crippen LogP contribution in [0.1, 0.15) is 25.7 Å². The minimum Gasteiger partial charge on any atom is -0.298 e. The Morgan fingerprint density at radius 2 is 2.50 bits per heavy atom. The van der Waals surface area contributed by atoms with Crippen LogP contribution < -0.4 is 0 Å². The van der Waals surface area contributed by atoms with Crippen LogP contribution in [0.5, 0.6) is 0 Å². The Balaban J connectivity index is 2.31. The van der Waals surface area contributed by atoms with E-state index in [0.717, 1.165) is 19.3 Å². The van der Waals surface area contributed by atoms with E-state index in [9.17, 15) is 4.79 Å². The lowest BCUT2D eigenvalue weighted by Gasteiger charge is -2.18. The molecule has 57 valence electrons. The van der Waals surface area contributed by atoms with Crippen LogP contribution >= 0.6 is 11.6 Å². The van der Waals surface area contributed by atoms with Crippen molar-refractivity contribution in [3.8, 4) is 0 Å². The molecule has 1 atom stereocenters. The van der Waals surface area contributed by atoms with E-state index in [4.69, 9.17) is 11.6 Å². The maximum Gasteiger partial charge on any atom is 0.150 e. The maximum atomic E-state index is 11.0. The molecule has 0 spiro atoms. The second-order valence-corrected chi connectivity index (χ2v) is 3.02. The highest BCUT2D eigenvalue weighted by molar-refractivity contribution is 6.27. The Bertz CT molecular complexity index is 116. The summed E-state index contributed by atoms with van der Waals surface area (Å²) in [4.78, 5) is 11.0. The number of hydrogen-bond donors (Lipinski definition) is 0. The van der Waals surface area contributed by atoms with E-state index >= 15 is 0 Å². The first kappa shape index (κ1) is 8.06. The van der Waals surface area contributed by atoms with Crippen molar-refractivity contribution in [1.29, 1.82) is 0 Å². The van der Waals surface area contributed by atoms with E-state index in [1.165, 1.54) is 6.42 Å². The van der Waals surface area contributed by atoms with Gasteiger partial charge in [0.05, 0.1) is 5.88 Å². The Labute approximate surface area is 66.8 Å². The molecular weight excluding hydrogens is 148 g/mol. The molecule has 0 amide bonds. The Kier molecular flexibility index (Phi) is 3.20. The van der Waals surface area contributed by atoms with Gasteiger partial charge < -0.3 is 0 Å². The van der Waals surface area contributed by atoms with E-state index in [1.54, 1.807) is 0 Å². The number of halogens is 1. The molecule has 0 aliphatic heterocycles. The van der Waals surface area contributed by atoms with Crippen molar-refractivity contribution in [2.24, 2.45) is 5.92 Å². The fraction of sp³-hybridized carbons (Fsp3) is 0.750. The van der Waals surface area contributed by atoms with Gasteiger partial charge >= 0.3 is 0 Å². The van der Waals surface area contributed by atoms with E-state index < -0.39 is 0 Å². The summed E-state index contributed by atoms with van der Waals surface area (Å²) in [6.45, 7) is 0. The largest absolute Gasteiger partial charge is 0.298 e. The molecule has 0 aromatic carbocycles. The fourth-order valence-electron chi connectivity index (χ4n) is 1.35. The lowest BCUT2D eigenvalue weighted by atomic mass is 9.87. The molecule has 0 aromatic rings. The van der Waals surface area contributed by atoms with E-state index in [1.807, 2.05) is 0 Å². The average Bonchev–Trinajstić information content (AvgIpc) is 2.05. The maximum absolute atomic E-state index is 11.0. The molecule has 1 fully saturated rings. The van der Waals surface area contributed by atoms with E-state index in [0.29, 0.717) is 0 Å². The van der Waals surface area contributed by atoms with Crippen LogP contribution in [0.15, 0.2) is 0 Å². The van der Waals surface area contributed by atoms with Crippen LogP contribution in [0.25, 0.3) is 0 Å². The van der Waals surface area contributed by atoms with Crippen molar-refractivity contribution in [2.75, 3.05) is 5.88 Å². The Morgan fingerprint density at radius 3 is 3.00 bits per heavy atom. The predicted molar refractivity (Wildman–Crippen MR) is 42.0 cm³/mol. The first-order valence-corrected chi connectivity index (χ1v) is 4.28. The third-order valence-corrected chi connectivity index (χ3v) is 2.26. The van der Waals surface area contributed by atoms with Crippen LogP contribution in [0.2, 0.25) is 0 Å². The zero-order valence-electron chi connectivity index (χ0n) is 5.98. The second-order valence-electron chi connectivity index (χ2n) is 2.75. The topological polar surface area (TPSA) is 17.1 Å². The summed E-state index contributed by atoms with van der Waals surface area (Å²) in [5.74, 6) is 0.655. The number of Topliss-reactive ketones (excluding diaryl/α,β-unsaturated/α-hetero) is 1. The molecule has 1 saturated carbocycles. The first-order valence-electron chi connectivity index (χ1n) is 3.75. The molecule has 0 bridgehead atoms. The monoisotopic (exact) mass is 159 g/mol. The number of alkyl halides is 1. The van der Waals surface area contributed by atoms with Gasteiger partial charge in [-0.2, -0.15) is 0 Å². The minimum absolute atomic E-state index is 0.193. The summed E-state index contributed by atoms with van der Waals surface area (Å²) < 4.78 is 0. The van der Waals surface area contributed by atoms with Gasteiger partial charge in [0.2, 0.25) is 0 Å². The van der Waals surface area contributed by atoms with Crippen molar-refractivity contribution >= 4 is 17.4 Å². The van der Waals surface area contributed by atoms with Crippen molar-refractivity contribution in [2.45, 2.75) is 25.7 Å². The molecular formula is C8H12ClO. The molecule has 0 saturated heterocycles. The van der Waals surface area contributed by atoms with Crippen LogP contribution in [-0.2, 0) is 4.79 Å². The summed E-state index contributed by atoms with van der Waals surface area (Å²) in [5.41, 5.74) is 0. The molecule has 0 N–H and O–H groups in total. The number of ketones is 1. The van der Waals surface area contributed by atoms with Gasteiger partial charge in [-0.25, -0.2) is 0 Å². The van der Waals surface area contributed by atoms with Crippen molar-refractivity contribution in [3.63, 3.8) is 0 Å². The van der Waals surface area contributed by atoms with Crippen LogP contribution in [0, 0.1) is 12.3 Å². The van der Waals surface area contributed by atoms with Gasteiger partial charge in [0, 0.05) is 5.92 Å². The molecule has 2 heteroatoms. The minimum atomic E-state index is 0.193. The third kappa shape index (κ3) is 1.98. The van der Waals surface area contributed by atoms with Crippen LogP contribution in [0.4, 0.5) is 0 Å². The lowest BCUT2D eigenvalue weighted by Crippen LogP contribution is -2.18. The Morgan fingerprint density at radius 1 is 1.70 bits per heavy atom. The SMILES string of the molecule is O=C(CCl)C1C[CH]CCC1. The van der Waals surface area contributed by atoms with Crippen LogP contribution in [0.3, 0.4) is 0 Å². The number of hydrogen-bond acceptors (Lipinski definition) is 1. The standard InChI is InChI=1S/C8H12ClO/c9-6-8(10)7-4-2-1-3-5-7/h2,7H,1,3-6H2. The third-order valence-electron chi connectivity index (χ3n) is 2.00. The molecule has 1 aliphatic rings. The zero-order chi connectivity index (χ0) is 7.40. The lowest BCUT2D eigenvalue weighted by molar-refractivity contribution is -0.120. The van der Waals surface area contributed by atoms with Crippen molar-refractivity contribution in [3.05, 3.63) is 6.42 Å². The molecule has 1 aliphatic carbocycles. The van der Waals surface area contributed by atoms with Gasteiger partial charge in [-0.3, -0.25) is 4.79 Å². The first-order chi connectivity index (χ1) is 4.84. The summed E-state index contributed by atoms with van der Waals surface area (Å²) >= 11 is 5.42. The van der Waals surface area contributed by atoms with E-state index in [-0.39, 0.29) is 17.6 Å². The molecule has 1 rings (SSSR count). The van der Waals surface area contributed by atoms with Crippen molar-refractivity contribution in [1.82, 2.24) is 0 Å². The quantitative estimate of drug-likeness (QED) is 0.565. The van der Waals surface area contributed by atoms with E-state index in [2.05, 4.69) is 6.42 Å². The van der Waals surface area contributed by atoms with Gasteiger partial charge in [0.15, 0.2) is 5.78 Å². The average molecular weight is 160 g/mol. The predicted octanol–water partition coefficient (Wildman–Crippen LogP) is 2.19. The van der Waals surface area contributed by atoms with Gasteiger partial charge in [-0.1, -0.05) is 12.8 Å². The smallest absolute Gasteiger partial charge is 0.150 e. The van der Waals surface area contributed by atoms with Crippen LogP contribution in [-0.4, -0.2) is 11.7 Å². The van der Waals surface area contributed by atoms with Gasteiger partial charge in [-0.15, -0.1) is 11.6 Å². The fourth-order valence-corrected chi connectivity index (χ4v) is 1.57. The molecule has 1 unspecified atom stereocenters. The summed E-state index contributed by atoms with van der Waals surface area (Å²) in [7, 11) is 0. The number of carbonyl (C=O) groups is 1. The Hall–Kier alpha value is -0.0400. The molecule has 1 radical (unpaired) electrons. The molecule has 0 heterocycles. The van der Waals surface area contributed by atoms with Gasteiger partial charge in [-0.05, 0) is 19.3 Å². The highest BCUT2D eigenvalue weighted by atomic mass is 35.5. The normalized spacial score (nSPS) is 20.9. The highest BCUT2D eigenvalue weighted by Crippen LogP contribution is 2.23. The molecule has 10 heavy (non-hydrogen) atoms. The van der Waals surface area contributed by atoms with Gasteiger partial charge in [0.25, 0.3) is 0 Å². The summed E-state index contributed by atoms with van der Waals surface area (Å²) in [6.07, 6.45) is 6.52. The number of carbonyl (C=O) groups excluding carboxylic acids is 1. The number of rotatable bonds is 2. The zero-order valence-corrected chi connectivity index (χ0v) is 6.73. The summed E-state index contributed by atoms with van der Waals surface area (Å²) in [5, 5.41) is 0. The van der Waals surface area contributed by atoms with Crippen molar-refractivity contribution < 1.29 is 4.79 Å². The second kappa shape index (κ2) is 3.97. The molecule has 1 nitrogen and oxygen atoms in total. The van der Waals surface area contributed by atoms with Gasteiger partial charge in [0.1, 0.15) is 0 Å². The summed E-state index contributed by atoms with van der Waals surface area (Å²) in [6, 6.07) is 0.